The fourth-order valence-corrected chi connectivity index (χ4v) is 3.93. The summed E-state index contributed by atoms with van der Waals surface area (Å²) in [6, 6.07) is 9.10. The molecule has 3 heterocycles. The van der Waals surface area contributed by atoms with Gasteiger partial charge in [0.05, 0.1) is 11.7 Å². The van der Waals surface area contributed by atoms with Crippen LogP contribution in [0.4, 0.5) is 5.95 Å². The quantitative estimate of drug-likeness (QED) is 0.670. The number of hydrogen-bond donors (Lipinski definition) is 2. The summed E-state index contributed by atoms with van der Waals surface area (Å²) < 4.78 is 1.77. The molecule has 1 atom stereocenters. The van der Waals surface area contributed by atoms with Crippen LogP contribution in [0.2, 0.25) is 0 Å². The number of piperazine rings is 1. The molecule has 1 aliphatic rings. The van der Waals surface area contributed by atoms with E-state index in [0.717, 1.165) is 5.56 Å². The fourth-order valence-electron chi connectivity index (χ4n) is 3.93. The predicted molar refractivity (Wildman–Crippen MR) is 115 cm³/mol. The molecule has 0 spiro atoms. The molecule has 30 heavy (non-hydrogen) atoms. The number of fused-ring (bicyclic) bond motifs is 1. The number of carbonyl (C=O) groups excluding carboxylic acids is 1. The smallest absolute Gasteiger partial charge is 0.263 e. The molecule has 0 radical (unpaired) electrons. The van der Waals surface area contributed by atoms with Gasteiger partial charge < -0.3 is 10.6 Å². The minimum atomic E-state index is -0.467. The number of aromatic amines is 1. The third-order valence-corrected chi connectivity index (χ3v) is 5.42. The highest BCUT2D eigenvalue weighted by atomic mass is 16.1. The summed E-state index contributed by atoms with van der Waals surface area (Å²) in [5.41, 5.74) is 6.68. The molecule has 1 aliphatic heterocycles. The average Bonchev–Trinajstić information content (AvgIpc) is 3.14. The summed E-state index contributed by atoms with van der Waals surface area (Å²) in [6.07, 6.45) is 1.56. The van der Waals surface area contributed by atoms with Gasteiger partial charge in [0.2, 0.25) is 11.9 Å². The van der Waals surface area contributed by atoms with Gasteiger partial charge in [0, 0.05) is 26.2 Å². The van der Waals surface area contributed by atoms with Crippen molar-refractivity contribution in [2.24, 2.45) is 5.73 Å². The van der Waals surface area contributed by atoms with Crippen molar-refractivity contribution in [3.05, 3.63) is 52.4 Å². The van der Waals surface area contributed by atoms with Gasteiger partial charge in [-0.25, -0.2) is 4.68 Å². The number of hydrogen-bond acceptors (Lipinski definition) is 6. The van der Waals surface area contributed by atoms with Gasteiger partial charge in [-0.15, -0.1) is 0 Å². The van der Waals surface area contributed by atoms with Crippen molar-refractivity contribution in [3.8, 4) is 0 Å². The molecule has 1 amide bonds. The zero-order chi connectivity index (χ0) is 21.5. The Balaban J connectivity index is 1.57. The van der Waals surface area contributed by atoms with Crippen molar-refractivity contribution in [2.45, 2.75) is 32.4 Å². The Labute approximate surface area is 174 Å². The molecular weight excluding hydrogens is 382 g/mol. The van der Waals surface area contributed by atoms with E-state index in [1.54, 1.807) is 10.9 Å². The number of carbonyl (C=O) groups is 1. The number of primary amides is 1. The number of nitrogens with zero attached hydrogens (tertiary/aromatic N) is 5. The number of amides is 1. The monoisotopic (exact) mass is 409 g/mol. The van der Waals surface area contributed by atoms with Gasteiger partial charge in [0.15, 0.2) is 5.65 Å². The second-order valence-electron chi connectivity index (χ2n) is 8.59. The molecule has 0 saturated carbocycles. The lowest BCUT2D eigenvalue weighted by Gasteiger charge is -2.38. The summed E-state index contributed by atoms with van der Waals surface area (Å²) in [5.74, 6) is 0.158. The van der Waals surface area contributed by atoms with Crippen LogP contribution in [-0.4, -0.2) is 56.7 Å². The number of nitrogens with two attached hydrogens (primary N) is 1. The number of rotatable bonds is 4. The van der Waals surface area contributed by atoms with Gasteiger partial charge in [-0.3, -0.25) is 19.5 Å². The van der Waals surface area contributed by atoms with E-state index in [4.69, 9.17) is 10.7 Å². The van der Waals surface area contributed by atoms with E-state index in [1.807, 2.05) is 56.0 Å². The lowest BCUT2D eigenvalue weighted by Crippen LogP contribution is -2.51. The summed E-state index contributed by atoms with van der Waals surface area (Å²) in [5, 5.41) is 4.83. The summed E-state index contributed by atoms with van der Waals surface area (Å²) >= 11 is 0. The minimum absolute atomic E-state index is 0.202. The molecule has 3 aromatic rings. The van der Waals surface area contributed by atoms with Crippen LogP contribution in [0.3, 0.4) is 0 Å². The van der Waals surface area contributed by atoms with Crippen LogP contribution in [0.15, 0.2) is 41.3 Å². The molecule has 9 heteroatoms. The van der Waals surface area contributed by atoms with E-state index >= 15 is 0 Å². The van der Waals surface area contributed by atoms with Gasteiger partial charge in [-0.1, -0.05) is 30.3 Å². The molecule has 0 aliphatic carbocycles. The van der Waals surface area contributed by atoms with Crippen LogP contribution in [0.25, 0.3) is 11.0 Å². The fraction of sp³-hybridized carbons (Fsp3) is 0.429. The number of anilines is 1. The van der Waals surface area contributed by atoms with Crippen LogP contribution in [0.1, 0.15) is 32.4 Å². The maximum atomic E-state index is 12.6. The summed E-state index contributed by atoms with van der Waals surface area (Å²) in [7, 11) is 0. The molecule has 4 rings (SSSR count). The van der Waals surface area contributed by atoms with E-state index in [1.165, 1.54) is 0 Å². The highest BCUT2D eigenvalue weighted by molar-refractivity contribution is 5.81. The van der Waals surface area contributed by atoms with Crippen molar-refractivity contribution in [2.75, 3.05) is 31.1 Å². The molecule has 0 bridgehead atoms. The van der Waals surface area contributed by atoms with Gasteiger partial charge in [0.25, 0.3) is 5.56 Å². The van der Waals surface area contributed by atoms with Crippen molar-refractivity contribution < 1.29 is 4.79 Å². The Morgan fingerprint density at radius 1 is 1.13 bits per heavy atom. The molecule has 3 N–H and O–H groups in total. The lowest BCUT2D eigenvalue weighted by molar-refractivity contribution is -0.123. The minimum Gasteiger partial charge on any atom is -0.368 e. The van der Waals surface area contributed by atoms with Crippen molar-refractivity contribution in [3.63, 3.8) is 0 Å². The Morgan fingerprint density at radius 2 is 1.80 bits per heavy atom. The predicted octanol–water partition coefficient (Wildman–Crippen LogP) is 1.22. The molecule has 158 valence electrons. The van der Waals surface area contributed by atoms with Gasteiger partial charge in [0.1, 0.15) is 11.4 Å². The van der Waals surface area contributed by atoms with Crippen LogP contribution in [0.5, 0.6) is 0 Å². The number of H-pyrrole nitrogens is 1. The third kappa shape index (κ3) is 3.68. The van der Waals surface area contributed by atoms with Crippen molar-refractivity contribution in [1.82, 2.24) is 24.6 Å². The lowest BCUT2D eigenvalue weighted by atomic mass is 10.0. The van der Waals surface area contributed by atoms with Gasteiger partial charge in [-0.05, 0) is 26.3 Å². The number of aromatic nitrogens is 4. The van der Waals surface area contributed by atoms with Crippen LogP contribution in [-0.2, 0) is 10.3 Å². The molecular formula is C21H27N7O2. The molecule has 1 aromatic carbocycles. The highest BCUT2D eigenvalue weighted by Gasteiger charge is 2.30. The first kappa shape index (κ1) is 20.1. The molecule has 9 nitrogen and oxygen atoms in total. The van der Waals surface area contributed by atoms with E-state index in [2.05, 4.69) is 15.0 Å². The Kier molecular flexibility index (Phi) is 5.07. The zero-order valence-corrected chi connectivity index (χ0v) is 17.5. The Bertz CT molecular complexity index is 1110. The topological polar surface area (TPSA) is 113 Å². The molecule has 1 unspecified atom stereocenters. The van der Waals surface area contributed by atoms with E-state index in [0.29, 0.717) is 43.2 Å². The maximum Gasteiger partial charge on any atom is 0.263 e. The van der Waals surface area contributed by atoms with Gasteiger partial charge >= 0.3 is 0 Å². The van der Waals surface area contributed by atoms with E-state index in [9.17, 15) is 9.59 Å². The Hall–Kier alpha value is -3.20. The molecule has 1 fully saturated rings. The number of nitrogens with one attached hydrogen (secondary N) is 1. The first-order valence-corrected chi connectivity index (χ1v) is 10.1. The largest absolute Gasteiger partial charge is 0.368 e. The average molecular weight is 409 g/mol. The third-order valence-electron chi connectivity index (χ3n) is 5.42. The molecule has 2 aromatic heterocycles. The summed E-state index contributed by atoms with van der Waals surface area (Å²) in [6.45, 7) is 8.56. The standard InChI is InChI=1S/C21H27N7O2/c1-21(2,3)28-18-15(13-23-28)19(30)25-20(24-18)27-11-9-26(10-12-27)16(17(22)29)14-7-5-4-6-8-14/h4-8,13,16H,9-12H2,1-3H3,(H2,22,29)(H,24,25,30). The zero-order valence-electron chi connectivity index (χ0n) is 17.5. The van der Waals surface area contributed by atoms with E-state index < -0.39 is 6.04 Å². The van der Waals surface area contributed by atoms with Crippen LogP contribution >= 0.6 is 0 Å². The SMILES string of the molecule is CC(C)(C)n1ncc2c(=O)[nH]c(N3CCN(C(C(N)=O)c4ccccc4)CC3)nc21. The first-order valence-electron chi connectivity index (χ1n) is 10.1. The highest BCUT2D eigenvalue weighted by Crippen LogP contribution is 2.24. The summed E-state index contributed by atoms with van der Waals surface area (Å²) in [4.78, 5) is 36.4. The normalized spacial score (nSPS) is 16.7. The maximum absolute atomic E-state index is 12.6. The van der Waals surface area contributed by atoms with E-state index in [-0.39, 0.29) is 17.0 Å². The van der Waals surface area contributed by atoms with Crippen LogP contribution in [0, 0.1) is 0 Å². The van der Waals surface area contributed by atoms with Crippen LogP contribution < -0.4 is 16.2 Å². The van der Waals surface area contributed by atoms with Crippen molar-refractivity contribution in [1.29, 1.82) is 0 Å². The van der Waals surface area contributed by atoms with Crippen molar-refractivity contribution >= 4 is 22.9 Å². The number of benzene rings is 1. The molecule has 1 saturated heterocycles. The van der Waals surface area contributed by atoms with Gasteiger partial charge in [-0.2, -0.15) is 10.1 Å². The second kappa shape index (κ2) is 7.56. The first-order chi connectivity index (χ1) is 14.3. The Morgan fingerprint density at radius 3 is 2.40 bits per heavy atom. The second-order valence-corrected chi connectivity index (χ2v) is 8.59.